The van der Waals surface area contributed by atoms with Crippen molar-refractivity contribution in [2.45, 2.75) is 50.5 Å². The summed E-state index contributed by atoms with van der Waals surface area (Å²) in [6, 6.07) is 13.9. The molecule has 0 radical (unpaired) electrons. The molecule has 0 heterocycles. The minimum absolute atomic E-state index is 0.322. The number of nitrogens with zero attached hydrogens (tertiary/aromatic N) is 1. The molecule has 7 heteroatoms. The molecule has 1 unspecified atom stereocenters. The molecule has 0 aliphatic heterocycles. The predicted molar refractivity (Wildman–Crippen MR) is 111 cm³/mol. The van der Waals surface area contributed by atoms with Gasteiger partial charge >= 0.3 is 6.18 Å². The normalized spacial score (nSPS) is 23.8. The Balaban J connectivity index is 1.98. The third-order valence-electron chi connectivity index (χ3n) is 5.88. The summed E-state index contributed by atoms with van der Waals surface area (Å²) in [5, 5.41) is 22.3. The van der Waals surface area contributed by atoms with Gasteiger partial charge in [-0.2, -0.15) is 13.2 Å². The molecule has 1 aliphatic carbocycles. The Morgan fingerprint density at radius 1 is 1.10 bits per heavy atom. The third-order valence-corrected chi connectivity index (χ3v) is 5.88. The summed E-state index contributed by atoms with van der Waals surface area (Å²) in [5.74, 6) is 6.04. The number of nitrogens with two attached hydrogens (primary N) is 1. The molecule has 0 aromatic heterocycles. The number of hydrogen-bond acceptors (Lipinski definition) is 4. The maximum absolute atomic E-state index is 13.0. The molecule has 1 atom stereocenters. The molecule has 1 fully saturated rings. The average molecular weight is 420 g/mol. The highest BCUT2D eigenvalue weighted by Gasteiger charge is 2.37. The van der Waals surface area contributed by atoms with E-state index in [2.05, 4.69) is 0 Å². The molecular weight excluding hydrogens is 393 g/mol. The van der Waals surface area contributed by atoms with E-state index < -0.39 is 23.4 Å². The maximum atomic E-state index is 13.0. The minimum Gasteiger partial charge on any atom is -0.393 e. The topological polar surface area (TPSA) is 69.7 Å². The van der Waals surface area contributed by atoms with E-state index >= 15 is 0 Å². The highest BCUT2D eigenvalue weighted by molar-refractivity contribution is 5.78. The summed E-state index contributed by atoms with van der Waals surface area (Å²) < 4.78 is 38.9. The zero-order chi connectivity index (χ0) is 21.9. The van der Waals surface area contributed by atoms with Gasteiger partial charge in [-0.25, -0.2) is 5.84 Å². The summed E-state index contributed by atoms with van der Waals surface area (Å²) in [6.07, 6.45) is -1.12. The Kier molecular flexibility index (Phi) is 6.55. The van der Waals surface area contributed by atoms with Gasteiger partial charge in [0.05, 0.1) is 28.7 Å². The van der Waals surface area contributed by atoms with Gasteiger partial charge < -0.3 is 10.2 Å². The van der Waals surface area contributed by atoms with Gasteiger partial charge in [-0.05, 0) is 55.5 Å². The molecule has 2 aromatic rings. The fourth-order valence-corrected chi connectivity index (χ4v) is 3.82. The van der Waals surface area contributed by atoms with Crippen LogP contribution in [-0.4, -0.2) is 21.9 Å². The van der Waals surface area contributed by atoms with E-state index in [0.717, 1.165) is 12.1 Å². The number of rotatable bonds is 5. The summed E-state index contributed by atoms with van der Waals surface area (Å²) in [4.78, 5) is 0. The van der Waals surface area contributed by atoms with E-state index in [9.17, 15) is 23.4 Å². The van der Waals surface area contributed by atoms with Crippen molar-refractivity contribution in [3.05, 3.63) is 71.8 Å². The molecule has 4 N–H and O–H groups in total. The van der Waals surface area contributed by atoms with Crippen molar-refractivity contribution < 1.29 is 23.4 Å². The van der Waals surface area contributed by atoms with E-state index in [1.165, 1.54) is 17.1 Å². The summed E-state index contributed by atoms with van der Waals surface area (Å²) in [5.41, 5.74) is -0.0557. The van der Waals surface area contributed by atoms with Crippen molar-refractivity contribution in [2.75, 3.05) is 5.01 Å². The molecule has 162 valence electrons. The highest BCUT2D eigenvalue weighted by atomic mass is 19.4. The molecule has 4 nitrogen and oxygen atoms in total. The number of anilines is 1. The van der Waals surface area contributed by atoms with Crippen LogP contribution in [0.5, 0.6) is 0 Å². The third kappa shape index (κ3) is 5.03. The molecular formula is C23H27F3N2O2. The number of aliphatic hydroxyl groups is 2. The first kappa shape index (κ1) is 22.3. The zero-order valence-electron chi connectivity index (χ0n) is 16.8. The summed E-state index contributed by atoms with van der Waals surface area (Å²) >= 11 is 0. The van der Waals surface area contributed by atoms with Gasteiger partial charge in [-0.1, -0.05) is 43.3 Å². The van der Waals surface area contributed by atoms with Crippen LogP contribution in [0.2, 0.25) is 0 Å². The second kappa shape index (κ2) is 8.79. The second-order valence-corrected chi connectivity index (χ2v) is 7.96. The highest BCUT2D eigenvalue weighted by Crippen LogP contribution is 2.37. The van der Waals surface area contributed by atoms with Crippen LogP contribution in [0.1, 0.15) is 43.7 Å². The molecule has 3 rings (SSSR count). The van der Waals surface area contributed by atoms with Gasteiger partial charge in [0.25, 0.3) is 0 Å². The quantitative estimate of drug-likeness (QED) is 0.483. The van der Waals surface area contributed by atoms with E-state index in [1.807, 2.05) is 25.1 Å². The van der Waals surface area contributed by atoms with Crippen LogP contribution in [0.3, 0.4) is 0 Å². The first-order valence-corrected chi connectivity index (χ1v) is 10.00. The monoisotopic (exact) mass is 420 g/mol. The van der Waals surface area contributed by atoms with Gasteiger partial charge in [0.2, 0.25) is 0 Å². The average Bonchev–Trinajstić information content (AvgIpc) is 2.73. The first-order chi connectivity index (χ1) is 14.1. The summed E-state index contributed by atoms with van der Waals surface area (Å²) in [6.45, 7) is 1.86. The van der Waals surface area contributed by atoms with Gasteiger partial charge in [0.15, 0.2) is 0 Å². The lowest BCUT2D eigenvalue weighted by molar-refractivity contribution is -0.137. The van der Waals surface area contributed by atoms with Crippen LogP contribution < -0.4 is 10.9 Å². The molecule has 1 aliphatic rings. The Hall–Kier alpha value is -2.35. The van der Waals surface area contributed by atoms with Crippen molar-refractivity contribution in [1.82, 2.24) is 0 Å². The minimum atomic E-state index is -4.42. The zero-order valence-corrected chi connectivity index (χ0v) is 16.8. The number of hydrogen-bond donors (Lipinski definition) is 3. The first-order valence-electron chi connectivity index (χ1n) is 10.00. The Bertz CT molecular complexity index is 858. The lowest BCUT2D eigenvalue weighted by atomic mass is 9.75. The van der Waals surface area contributed by atoms with Crippen LogP contribution in [0.25, 0.3) is 5.70 Å². The molecule has 0 saturated heterocycles. The van der Waals surface area contributed by atoms with Crippen LogP contribution in [0.4, 0.5) is 18.9 Å². The lowest BCUT2D eigenvalue weighted by Gasteiger charge is -2.38. The number of aliphatic hydroxyl groups excluding tert-OH is 1. The number of hydrazine groups is 1. The summed E-state index contributed by atoms with van der Waals surface area (Å²) in [7, 11) is 0. The number of halogens is 3. The van der Waals surface area contributed by atoms with Crippen molar-refractivity contribution in [3.8, 4) is 0 Å². The van der Waals surface area contributed by atoms with E-state index in [0.29, 0.717) is 42.6 Å². The number of benzene rings is 2. The maximum Gasteiger partial charge on any atom is 0.416 e. The Morgan fingerprint density at radius 2 is 1.67 bits per heavy atom. The Labute approximate surface area is 174 Å². The largest absolute Gasteiger partial charge is 0.416 e. The standard InChI is InChI=1S/C23H27F3N2O2/c1-16(22(30)13-11-20(29)12-14-22)15-21(28(27)19-5-3-2-4-6-19)17-7-9-18(10-8-17)23(24,25)26/h2-10,15-16,20,29-30H,11-14,27H2,1H3/b21-15-. The smallest absolute Gasteiger partial charge is 0.393 e. The van der Waals surface area contributed by atoms with Crippen molar-refractivity contribution in [2.24, 2.45) is 11.8 Å². The van der Waals surface area contributed by atoms with Crippen LogP contribution in [-0.2, 0) is 6.18 Å². The van der Waals surface area contributed by atoms with Crippen LogP contribution in [0.15, 0.2) is 60.7 Å². The fourth-order valence-electron chi connectivity index (χ4n) is 3.82. The van der Waals surface area contributed by atoms with Gasteiger partial charge in [-0.3, -0.25) is 5.01 Å². The fraction of sp³-hybridized carbons (Fsp3) is 0.391. The second-order valence-electron chi connectivity index (χ2n) is 7.96. The van der Waals surface area contributed by atoms with Crippen molar-refractivity contribution in [1.29, 1.82) is 0 Å². The lowest BCUT2D eigenvalue weighted by Crippen LogP contribution is -2.41. The van der Waals surface area contributed by atoms with Gasteiger partial charge in [-0.15, -0.1) is 0 Å². The van der Waals surface area contributed by atoms with Crippen molar-refractivity contribution >= 4 is 11.4 Å². The van der Waals surface area contributed by atoms with E-state index in [1.54, 1.807) is 18.2 Å². The SMILES string of the molecule is CC(/C=C(/c1ccc(C(F)(F)F)cc1)N(N)c1ccccc1)C1(O)CCC(O)CC1. The molecule has 0 amide bonds. The Morgan fingerprint density at radius 3 is 2.20 bits per heavy atom. The van der Waals surface area contributed by atoms with Gasteiger partial charge in [0, 0.05) is 5.92 Å². The molecule has 0 bridgehead atoms. The molecule has 1 saturated carbocycles. The number of para-hydroxylation sites is 1. The van der Waals surface area contributed by atoms with Gasteiger partial charge in [0.1, 0.15) is 0 Å². The molecule has 0 spiro atoms. The van der Waals surface area contributed by atoms with E-state index in [-0.39, 0.29) is 5.92 Å². The molecule has 2 aromatic carbocycles. The van der Waals surface area contributed by atoms with E-state index in [4.69, 9.17) is 5.84 Å². The van der Waals surface area contributed by atoms with Crippen LogP contribution >= 0.6 is 0 Å². The predicted octanol–water partition coefficient (Wildman–Crippen LogP) is 4.73. The van der Waals surface area contributed by atoms with Crippen molar-refractivity contribution in [3.63, 3.8) is 0 Å². The molecule has 30 heavy (non-hydrogen) atoms. The van der Waals surface area contributed by atoms with Crippen LogP contribution in [0, 0.1) is 5.92 Å². The number of alkyl halides is 3.